The predicted octanol–water partition coefficient (Wildman–Crippen LogP) is 2.75. The van der Waals surface area contributed by atoms with Gasteiger partial charge in [-0.15, -0.1) is 11.8 Å². The summed E-state index contributed by atoms with van der Waals surface area (Å²) >= 11 is 1.62. The Kier molecular flexibility index (Phi) is 7.23. The average molecular weight is 430 g/mol. The third-order valence-electron chi connectivity index (χ3n) is 5.34. The minimum Gasteiger partial charge on any atom is -0.350 e. The van der Waals surface area contributed by atoms with E-state index in [1.807, 2.05) is 57.2 Å². The number of nitrogens with one attached hydrogen (secondary N) is 1. The van der Waals surface area contributed by atoms with Crippen molar-refractivity contribution < 1.29 is 14.4 Å². The number of rotatable bonds is 4. The third-order valence-corrected chi connectivity index (χ3v) is 6.35. The summed E-state index contributed by atoms with van der Waals surface area (Å²) in [6, 6.07) is 9.32. The Balaban J connectivity index is 1.52. The zero-order chi connectivity index (χ0) is 21.7. The van der Waals surface area contributed by atoms with Gasteiger partial charge in [-0.25, -0.2) is 0 Å². The highest BCUT2D eigenvalue weighted by molar-refractivity contribution is 7.99. The largest absolute Gasteiger partial charge is 0.350 e. The zero-order valence-electron chi connectivity index (χ0n) is 18.0. The van der Waals surface area contributed by atoms with Gasteiger partial charge in [0, 0.05) is 36.4 Å². The predicted molar refractivity (Wildman–Crippen MR) is 121 cm³/mol. The molecule has 2 saturated heterocycles. The minimum atomic E-state index is -0.407. The van der Waals surface area contributed by atoms with Crippen molar-refractivity contribution in [3.63, 3.8) is 0 Å². The van der Waals surface area contributed by atoms with E-state index < -0.39 is 6.04 Å². The highest BCUT2D eigenvalue weighted by Crippen LogP contribution is 2.27. The van der Waals surface area contributed by atoms with Crippen molar-refractivity contribution in [2.24, 2.45) is 5.92 Å². The molecule has 2 aliphatic heterocycles. The highest BCUT2D eigenvalue weighted by atomic mass is 32.2. The number of thioether (sulfide) groups is 1. The molecule has 7 heteroatoms. The summed E-state index contributed by atoms with van der Waals surface area (Å²) < 4.78 is 0. The van der Waals surface area contributed by atoms with Gasteiger partial charge in [-0.1, -0.05) is 30.3 Å². The van der Waals surface area contributed by atoms with Crippen LogP contribution in [0.5, 0.6) is 0 Å². The van der Waals surface area contributed by atoms with Crippen LogP contribution in [0.1, 0.15) is 39.2 Å². The average Bonchev–Trinajstić information content (AvgIpc) is 3.21. The molecule has 0 aromatic heterocycles. The summed E-state index contributed by atoms with van der Waals surface area (Å²) in [4.78, 5) is 41.7. The lowest BCUT2D eigenvalue weighted by molar-refractivity contribution is -0.143. The van der Waals surface area contributed by atoms with Crippen LogP contribution < -0.4 is 5.32 Å². The fraction of sp³-hybridized carbons (Fsp3) is 0.522. The molecular weight excluding hydrogens is 398 g/mol. The van der Waals surface area contributed by atoms with E-state index in [0.717, 1.165) is 5.56 Å². The molecule has 0 radical (unpaired) electrons. The van der Waals surface area contributed by atoms with Gasteiger partial charge in [0.05, 0.1) is 5.88 Å². The molecule has 0 saturated carbocycles. The molecule has 3 rings (SSSR count). The van der Waals surface area contributed by atoms with Crippen molar-refractivity contribution in [3.8, 4) is 0 Å². The van der Waals surface area contributed by atoms with Gasteiger partial charge < -0.3 is 15.1 Å². The first kappa shape index (κ1) is 22.4. The summed E-state index contributed by atoms with van der Waals surface area (Å²) in [5.74, 6) is 0.996. The van der Waals surface area contributed by atoms with Crippen LogP contribution in [0.25, 0.3) is 6.08 Å². The number of piperidine rings is 1. The highest BCUT2D eigenvalue weighted by Gasteiger charge is 2.39. The maximum atomic E-state index is 13.1. The van der Waals surface area contributed by atoms with Crippen molar-refractivity contribution in [3.05, 3.63) is 42.0 Å². The molecular formula is C23H31N3O3S. The first-order chi connectivity index (χ1) is 14.2. The van der Waals surface area contributed by atoms with E-state index >= 15 is 0 Å². The van der Waals surface area contributed by atoms with Gasteiger partial charge in [0.15, 0.2) is 0 Å². The van der Waals surface area contributed by atoms with Crippen molar-refractivity contribution in [1.29, 1.82) is 0 Å². The molecule has 0 unspecified atom stereocenters. The fourth-order valence-corrected chi connectivity index (χ4v) is 4.91. The number of hydrogen-bond donors (Lipinski definition) is 1. The molecule has 0 spiro atoms. The molecule has 2 fully saturated rings. The normalized spacial score (nSPS) is 20.6. The van der Waals surface area contributed by atoms with E-state index in [4.69, 9.17) is 0 Å². The fourth-order valence-electron chi connectivity index (χ4n) is 3.75. The van der Waals surface area contributed by atoms with Crippen molar-refractivity contribution >= 4 is 35.6 Å². The van der Waals surface area contributed by atoms with Crippen LogP contribution >= 0.6 is 11.8 Å². The quantitative estimate of drug-likeness (QED) is 0.748. The number of benzene rings is 1. The van der Waals surface area contributed by atoms with E-state index in [1.54, 1.807) is 27.6 Å². The zero-order valence-corrected chi connectivity index (χ0v) is 18.8. The van der Waals surface area contributed by atoms with Crippen molar-refractivity contribution in [2.45, 2.75) is 45.2 Å². The molecule has 0 bridgehead atoms. The van der Waals surface area contributed by atoms with Gasteiger partial charge >= 0.3 is 0 Å². The second-order valence-electron chi connectivity index (χ2n) is 8.91. The number of likely N-dealkylation sites (tertiary alicyclic amines) is 1. The molecule has 30 heavy (non-hydrogen) atoms. The summed E-state index contributed by atoms with van der Waals surface area (Å²) in [5, 5.41) is 2.99. The Hall–Kier alpha value is -2.28. The van der Waals surface area contributed by atoms with Gasteiger partial charge in [0.25, 0.3) is 0 Å². The number of carbonyl (C=O) groups is 3. The second-order valence-corrected chi connectivity index (χ2v) is 9.91. The Labute approximate surface area is 183 Å². The molecule has 2 heterocycles. The molecule has 3 amide bonds. The molecule has 6 nitrogen and oxygen atoms in total. The van der Waals surface area contributed by atoms with E-state index in [1.165, 1.54) is 0 Å². The molecule has 1 aromatic rings. The molecule has 1 atom stereocenters. The minimum absolute atomic E-state index is 0.0242. The van der Waals surface area contributed by atoms with Crippen LogP contribution in [0.2, 0.25) is 0 Å². The Morgan fingerprint density at radius 2 is 1.77 bits per heavy atom. The maximum Gasteiger partial charge on any atom is 0.246 e. The smallest absolute Gasteiger partial charge is 0.246 e. The number of carbonyl (C=O) groups excluding carboxylic acids is 3. The van der Waals surface area contributed by atoms with E-state index in [2.05, 4.69) is 5.32 Å². The lowest BCUT2D eigenvalue weighted by Crippen LogP contribution is -2.54. The van der Waals surface area contributed by atoms with Crippen LogP contribution in [0, 0.1) is 5.92 Å². The van der Waals surface area contributed by atoms with Gasteiger partial charge in [-0.05, 0) is 45.3 Å². The lowest BCUT2D eigenvalue weighted by Gasteiger charge is -2.34. The summed E-state index contributed by atoms with van der Waals surface area (Å²) in [7, 11) is 0. The second kappa shape index (κ2) is 9.69. The van der Waals surface area contributed by atoms with Crippen LogP contribution in [-0.4, -0.2) is 63.8 Å². The van der Waals surface area contributed by atoms with Gasteiger partial charge in [-0.2, -0.15) is 0 Å². The molecule has 2 aliphatic rings. The molecule has 1 aromatic carbocycles. The number of amides is 3. The Bertz CT molecular complexity index is 796. The van der Waals surface area contributed by atoms with Crippen LogP contribution in [0.4, 0.5) is 0 Å². The standard InChI is InChI=1S/C23H31N3O3S/c1-23(2,3)24-21(28)19-15-30-16-26(19)22(29)18-11-13-25(14-12-18)20(27)10-9-17-7-5-4-6-8-17/h4-10,18-19H,11-16H2,1-3H3,(H,24,28)/b10-9+/t19-/m1/s1. The van der Waals surface area contributed by atoms with E-state index in [0.29, 0.717) is 37.6 Å². The first-order valence-corrected chi connectivity index (χ1v) is 11.6. The van der Waals surface area contributed by atoms with Gasteiger partial charge in [-0.3, -0.25) is 14.4 Å². The van der Waals surface area contributed by atoms with Crippen molar-refractivity contribution in [2.75, 3.05) is 24.7 Å². The van der Waals surface area contributed by atoms with E-state index in [9.17, 15) is 14.4 Å². The summed E-state index contributed by atoms with van der Waals surface area (Å²) in [6.07, 6.45) is 4.69. The van der Waals surface area contributed by atoms with Crippen LogP contribution in [0.15, 0.2) is 36.4 Å². The monoisotopic (exact) mass is 429 g/mol. The van der Waals surface area contributed by atoms with Crippen LogP contribution in [-0.2, 0) is 14.4 Å². The third kappa shape index (κ3) is 5.88. The first-order valence-electron chi connectivity index (χ1n) is 10.5. The Morgan fingerprint density at radius 3 is 2.40 bits per heavy atom. The van der Waals surface area contributed by atoms with Crippen molar-refractivity contribution in [1.82, 2.24) is 15.1 Å². The summed E-state index contributed by atoms with van der Waals surface area (Å²) in [5.41, 5.74) is 0.667. The topological polar surface area (TPSA) is 69.7 Å². The molecule has 1 N–H and O–H groups in total. The van der Waals surface area contributed by atoms with E-state index in [-0.39, 0.29) is 29.2 Å². The lowest BCUT2D eigenvalue weighted by atomic mass is 9.94. The van der Waals surface area contributed by atoms with Gasteiger partial charge in [0.2, 0.25) is 17.7 Å². The Morgan fingerprint density at radius 1 is 1.10 bits per heavy atom. The SMILES string of the molecule is CC(C)(C)NC(=O)[C@H]1CSCN1C(=O)C1CCN(C(=O)/C=C/c2ccccc2)CC1. The molecule has 0 aliphatic carbocycles. The maximum absolute atomic E-state index is 13.1. The van der Waals surface area contributed by atoms with Crippen LogP contribution in [0.3, 0.4) is 0 Å². The number of nitrogens with zero attached hydrogens (tertiary/aromatic N) is 2. The molecule has 162 valence electrons. The van der Waals surface area contributed by atoms with Gasteiger partial charge in [0.1, 0.15) is 6.04 Å². The summed E-state index contributed by atoms with van der Waals surface area (Å²) in [6.45, 7) is 6.96. The number of hydrogen-bond acceptors (Lipinski definition) is 4.